The van der Waals surface area contributed by atoms with E-state index in [1.54, 1.807) is 0 Å². The van der Waals surface area contributed by atoms with Gasteiger partial charge in [-0.2, -0.15) is 15.0 Å². The fourth-order valence-corrected chi connectivity index (χ4v) is 1.40. The quantitative estimate of drug-likeness (QED) is 0.575. The smallest absolute Gasteiger partial charge is 0.231 e. The summed E-state index contributed by atoms with van der Waals surface area (Å²) in [5.74, 6) is 1.78. The Labute approximate surface area is 114 Å². The van der Waals surface area contributed by atoms with Crippen molar-refractivity contribution in [3.8, 4) is 0 Å². The topological polar surface area (TPSA) is 86.2 Å². The van der Waals surface area contributed by atoms with Crippen LogP contribution in [0.25, 0.3) is 0 Å². The van der Waals surface area contributed by atoms with Gasteiger partial charge in [0.1, 0.15) is 0 Å². The summed E-state index contributed by atoms with van der Waals surface area (Å²) >= 11 is 0. The lowest BCUT2D eigenvalue weighted by atomic mass is 10.3. The predicted molar refractivity (Wildman–Crippen MR) is 77.7 cm³/mol. The number of anilines is 3. The van der Waals surface area contributed by atoms with Crippen molar-refractivity contribution in [3.05, 3.63) is 0 Å². The van der Waals surface area contributed by atoms with Crippen LogP contribution < -0.4 is 15.5 Å². The standard InChI is InChI=1S/C12H24N6O/c1-4-7-13-10-15-11(14-8-5-6-9-19)17-12(16-10)18(2)3/h19H,4-9H2,1-3H3,(H2,13,14,15,16,17). The van der Waals surface area contributed by atoms with Crippen molar-refractivity contribution in [2.45, 2.75) is 26.2 Å². The van der Waals surface area contributed by atoms with E-state index in [2.05, 4.69) is 32.5 Å². The molecule has 0 fully saturated rings. The van der Waals surface area contributed by atoms with E-state index in [1.807, 2.05) is 19.0 Å². The molecule has 0 atom stereocenters. The van der Waals surface area contributed by atoms with E-state index < -0.39 is 0 Å². The molecule has 0 amide bonds. The van der Waals surface area contributed by atoms with E-state index in [9.17, 15) is 0 Å². The number of hydrogen-bond acceptors (Lipinski definition) is 7. The Morgan fingerprint density at radius 1 is 1.00 bits per heavy atom. The Hall–Kier alpha value is -1.63. The summed E-state index contributed by atoms with van der Waals surface area (Å²) in [6, 6.07) is 0. The first-order chi connectivity index (χ1) is 9.17. The van der Waals surface area contributed by atoms with E-state index >= 15 is 0 Å². The summed E-state index contributed by atoms with van der Waals surface area (Å²) < 4.78 is 0. The Bertz CT molecular complexity index is 371. The van der Waals surface area contributed by atoms with Crippen molar-refractivity contribution < 1.29 is 5.11 Å². The highest BCUT2D eigenvalue weighted by Gasteiger charge is 2.07. The second-order valence-electron chi connectivity index (χ2n) is 4.46. The van der Waals surface area contributed by atoms with Crippen LogP contribution >= 0.6 is 0 Å². The molecular weight excluding hydrogens is 244 g/mol. The molecule has 0 aliphatic carbocycles. The van der Waals surface area contributed by atoms with Gasteiger partial charge >= 0.3 is 0 Å². The summed E-state index contributed by atoms with van der Waals surface area (Å²) in [6.07, 6.45) is 2.68. The number of aliphatic hydroxyl groups excluding tert-OH is 1. The van der Waals surface area contributed by atoms with Gasteiger partial charge in [-0.15, -0.1) is 0 Å². The summed E-state index contributed by atoms with van der Waals surface area (Å²) in [4.78, 5) is 14.8. The molecule has 19 heavy (non-hydrogen) atoms. The van der Waals surface area contributed by atoms with E-state index in [-0.39, 0.29) is 6.61 Å². The number of aromatic nitrogens is 3. The molecule has 0 unspecified atom stereocenters. The zero-order valence-corrected chi connectivity index (χ0v) is 12.0. The normalized spacial score (nSPS) is 10.3. The van der Waals surface area contributed by atoms with Crippen molar-refractivity contribution in [3.63, 3.8) is 0 Å². The summed E-state index contributed by atoms with van der Waals surface area (Å²) in [5, 5.41) is 15.1. The second-order valence-corrected chi connectivity index (χ2v) is 4.46. The molecule has 7 heteroatoms. The van der Waals surface area contributed by atoms with E-state index in [0.29, 0.717) is 17.8 Å². The highest BCUT2D eigenvalue weighted by atomic mass is 16.2. The van der Waals surface area contributed by atoms with Gasteiger partial charge in [0.05, 0.1) is 0 Å². The van der Waals surface area contributed by atoms with Crippen LogP contribution in [0.3, 0.4) is 0 Å². The van der Waals surface area contributed by atoms with Crippen molar-refractivity contribution >= 4 is 17.8 Å². The Morgan fingerprint density at radius 2 is 1.63 bits per heavy atom. The van der Waals surface area contributed by atoms with Crippen molar-refractivity contribution in [1.82, 2.24) is 15.0 Å². The van der Waals surface area contributed by atoms with Gasteiger partial charge in [-0.3, -0.25) is 0 Å². The molecule has 1 aromatic rings. The van der Waals surface area contributed by atoms with Gasteiger partial charge in [0.2, 0.25) is 17.8 Å². The molecule has 108 valence electrons. The highest BCUT2D eigenvalue weighted by molar-refractivity contribution is 5.42. The maximum absolute atomic E-state index is 8.74. The summed E-state index contributed by atoms with van der Waals surface area (Å²) in [7, 11) is 3.79. The maximum atomic E-state index is 8.74. The number of nitrogens with zero attached hydrogens (tertiary/aromatic N) is 4. The maximum Gasteiger partial charge on any atom is 0.231 e. The molecule has 1 heterocycles. The molecule has 7 nitrogen and oxygen atoms in total. The molecule has 0 aromatic carbocycles. The zero-order valence-electron chi connectivity index (χ0n) is 12.0. The fraction of sp³-hybridized carbons (Fsp3) is 0.750. The number of unbranched alkanes of at least 4 members (excludes halogenated alkanes) is 1. The van der Waals surface area contributed by atoms with Crippen LogP contribution in [-0.4, -0.2) is 53.9 Å². The molecule has 0 saturated carbocycles. The minimum absolute atomic E-state index is 0.213. The SMILES string of the molecule is CCCNc1nc(NCCCCO)nc(N(C)C)n1. The second kappa shape index (κ2) is 8.47. The first-order valence-electron chi connectivity index (χ1n) is 6.69. The van der Waals surface area contributed by atoms with Gasteiger partial charge in [-0.05, 0) is 19.3 Å². The first kappa shape index (κ1) is 15.4. The molecule has 0 saturated heterocycles. The monoisotopic (exact) mass is 268 g/mol. The van der Waals surface area contributed by atoms with E-state index in [0.717, 1.165) is 32.4 Å². The molecule has 3 N–H and O–H groups in total. The number of hydrogen-bond donors (Lipinski definition) is 3. The lowest BCUT2D eigenvalue weighted by Gasteiger charge is -2.13. The molecular formula is C12H24N6O. The number of rotatable bonds is 9. The van der Waals surface area contributed by atoms with Crippen molar-refractivity contribution in [2.75, 3.05) is 49.3 Å². The summed E-state index contributed by atoms with van der Waals surface area (Å²) in [6.45, 7) is 3.88. The third-order valence-corrected chi connectivity index (χ3v) is 2.42. The van der Waals surface area contributed by atoms with Crippen LogP contribution in [-0.2, 0) is 0 Å². The van der Waals surface area contributed by atoms with Gasteiger partial charge in [-0.1, -0.05) is 6.92 Å². The average molecular weight is 268 g/mol. The first-order valence-corrected chi connectivity index (χ1v) is 6.69. The molecule has 0 spiro atoms. The molecule has 0 aliphatic heterocycles. The Kier molecular flexibility index (Phi) is 6.88. The van der Waals surface area contributed by atoms with Crippen LogP contribution in [0.1, 0.15) is 26.2 Å². The van der Waals surface area contributed by atoms with Gasteiger partial charge in [0, 0.05) is 33.8 Å². The highest BCUT2D eigenvalue weighted by Crippen LogP contribution is 2.11. The molecule has 0 bridgehead atoms. The fourth-order valence-electron chi connectivity index (χ4n) is 1.40. The average Bonchev–Trinajstić information content (AvgIpc) is 2.41. The lowest BCUT2D eigenvalue weighted by Crippen LogP contribution is -2.17. The zero-order chi connectivity index (χ0) is 14.1. The molecule has 0 aliphatic rings. The minimum atomic E-state index is 0.213. The molecule has 1 aromatic heterocycles. The van der Waals surface area contributed by atoms with Crippen LogP contribution in [0, 0.1) is 0 Å². The van der Waals surface area contributed by atoms with Crippen LogP contribution in [0.5, 0.6) is 0 Å². The third-order valence-electron chi connectivity index (χ3n) is 2.42. The summed E-state index contributed by atoms with van der Waals surface area (Å²) in [5.41, 5.74) is 0. The number of aliphatic hydroxyl groups is 1. The van der Waals surface area contributed by atoms with Crippen LogP contribution in [0.2, 0.25) is 0 Å². The van der Waals surface area contributed by atoms with Crippen LogP contribution in [0.4, 0.5) is 17.8 Å². The van der Waals surface area contributed by atoms with Crippen LogP contribution in [0.15, 0.2) is 0 Å². The molecule has 0 radical (unpaired) electrons. The third kappa shape index (κ3) is 5.69. The Balaban J connectivity index is 2.69. The largest absolute Gasteiger partial charge is 0.396 e. The van der Waals surface area contributed by atoms with E-state index in [4.69, 9.17) is 5.11 Å². The predicted octanol–water partition coefficient (Wildman–Crippen LogP) is 0.944. The minimum Gasteiger partial charge on any atom is -0.396 e. The van der Waals surface area contributed by atoms with Gasteiger partial charge in [-0.25, -0.2) is 0 Å². The van der Waals surface area contributed by atoms with Gasteiger partial charge in [0.15, 0.2) is 0 Å². The molecule has 1 rings (SSSR count). The van der Waals surface area contributed by atoms with Gasteiger partial charge < -0.3 is 20.6 Å². The number of nitrogens with one attached hydrogen (secondary N) is 2. The Morgan fingerprint density at radius 3 is 2.16 bits per heavy atom. The lowest BCUT2D eigenvalue weighted by molar-refractivity contribution is 0.286. The van der Waals surface area contributed by atoms with Gasteiger partial charge in [0.25, 0.3) is 0 Å². The van der Waals surface area contributed by atoms with Crippen molar-refractivity contribution in [1.29, 1.82) is 0 Å². The van der Waals surface area contributed by atoms with Crippen molar-refractivity contribution in [2.24, 2.45) is 0 Å². The van der Waals surface area contributed by atoms with E-state index in [1.165, 1.54) is 0 Å².